The molecule has 1 aliphatic rings. The number of rotatable bonds is 2. The molecule has 0 aromatic heterocycles. The minimum atomic E-state index is -3.40. The van der Waals surface area contributed by atoms with Crippen molar-refractivity contribution in [2.45, 2.75) is 0 Å². The topological polar surface area (TPSA) is 43.9 Å². The van der Waals surface area contributed by atoms with Gasteiger partial charge in [0.05, 0.1) is 17.9 Å². The molecule has 17 heavy (non-hydrogen) atoms. The molecule has 1 aromatic carbocycles. The summed E-state index contributed by atoms with van der Waals surface area (Å²) in [5, 5.41) is 0. The van der Waals surface area contributed by atoms with Crippen LogP contribution in [0, 0.1) is 0 Å². The van der Waals surface area contributed by atoms with Crippen LogP contribution in [0.3, 0.4) is 0 Å². The second kappa shape index (κ2) is 4.19. The maximum Gasteiger partial charge on any atom is 0.303 e. The van der Waals surface area contributed by atoms with Crippen molar-refractivity contribution in [1.29, 1.82) is 0 Å². The SMILES string of the molecule is CN1CCN(S(=O)(=O)N(C)C)c2ccccc21. The highest BCUT2D eigenvalue weighted by atomic mass is 32.2. The zero-order chi connectivity index (χ0) is 12.6. The highest BCUT2D eigenvalue weighted by Crippen LogP contribution is 2.33. The fourth-order valence-corrected chi connectivity index (χ4v) is 3.03. The molecule has 0 atom stereocenters. The fourth-order valence-electron chi connectivity index (χ4n) is 1.92. The van der Waals surface area contributed by atoms with Crippen LogP contribution in [0.2, 0.25) is 0 Å². The summed E-state index contributed by atoms with van der Waals surface area (Å²) in [5.41, 5.74) is 1.69. The van der Waals surface area contributed by atoms with Gasteiger partial charge in [-0.15, -0.1) is 0 Å². The summed E-state index contributed by atoms with van der Waals surface area (Å²) in [6.45, 7) is 1.18. The van der Waals surface area contributed by atoms with E-state index in [2.05, 4.69) is 4.90 Å². The zero-order valence-electron chi connectivity index (χ0n) is 10.3. The second-order valence-corrected chi connectivity index (χ2v) is 6.34. The van der Waals surface area contributed by atoms with Crippen molar-refractivity contribution in [1.82, 2.24) is 4.31 Å². The number of anilines is 2. The predicted octanol–water partition coefficient (Wildman–Crippen LogP) is 0.749. The number of likely N-dealkylation sites (N-methyl/N-ethyl adjacent to an activating group) is 1. The molecule has 6 heteroatoms. The van der Waals surface area contributed by atoms with Gasteiger partial charge in [0, 0.05) is 27.7 Å². The standard InChI is InChI=1S/C11H17N3O2S/c1-12(2)17(15,16)14-9-8-13(3)10-6-4-5-7-11(10)14/h4-7H,8-9H2,1-3H3. The Bertz CT molecular complexity index is 513. The van der Waals surface area contributed by atoms with Crippen LogP contribution in [0.15, 0.2) is 24.3 Å². The number of hydrogen-bond donors (Lipinski definition) is 0. The molecule has 1 heterocycles. The molecule has 0 amide bonds. The highest BCUT2D eigenvalue weighted by Gasteiger charge is 2.30. The van der Waals surface area contributed by atoms with Crippen molar-refractivity contribution in [3.05, 3.63) is 24.3 Å². The lowest BCUT2D eigenvalue weighted by Gasteiger charge is -2.37. The van der Waals surface area contributed by atoms with Crippen molar-refractivity contribution < 1.29 is 8.42 Å². The number of nitrogens with zero attached hydrogens (tertiary/aromatic N) is 3. The third-order valence-corrected chi connectivity index (χ3v) is 4.80. The van der Waals surface area contributed by atoms with Gasteiger partial charge in [-0.05, 0) is 12.1 Å². The van der Waals surface area contributed by atoms with Gasteiger partial charge < -0.3 is 4.90 Å². The van der Waals surface area contributed by atoms with Gasteiger partial charge >= 0.3 is 10.2 Å². The Kier molecular flexibility index (Phi) is 3.01. The van der Waals surface area contributed by atoms with Crippen molar-refractivity contribution in [3.8, 4) is 0 Å². The monoisotopic (exact) mass is 255 g/mol. The minimum absolute atomic E-state index is 0.480. The average Bonchev–Trinajstić information content (AvgIpc) is 2.29. The molecule has 0 spiro atoms. The highest BCUT2D eigenvalue weighted by molar-refractivity contribution is 7.90. The lowest BCUT2D eigenvalue weighted by Crippen LogP contribution is -2.47. The Morgan fingerprint density at radius 2 is 1.71 bits per heavy atom. The van der Waals surface area contributed by atoms with Gasteiger partial charge in [-0.1, -0.05) is 12.1 Å². The summed E-state index contributed by atoms with van der Waals surface area (Å²) in [4.78, 5) is 2.07. The van der Waals surface area contributed by atoms with Crippen LogP contribution in [0.25, 0.3) is 0 Å². The van der Waals surface area contributed by atoms with Crippen molar-refractivity contribution in [2.75, 3.05) is 43.4 Å². The smallest absolute Gasteiger partial charge is 0.303 e. The van der Waals surface area contributed by atoms with Gasteiger partial charge in [-0.25, -0.2) is 0 Å². The molecule has 0 aliphatic carbocycles. The van der Waals surface area contributed by atoms with E-state index in [9.17, 15) is 8.42 Å². The molecule has 94 valence electrons. The average molecular weight is 255 g/mol. The molecule has 0 saturated carbocycles. The van der Waals surface area contributed by atoms with Gasteiger partial charge in [0.2, 0.25) is 0 Å². The quantitative estimate of drug-likeness (QED) is 0.783. The molecule has 0 unspecified atom stereocenters. The second-order valence-electron chi connectivity index (χ2n) is 4.27. The van der Waals surface area contributed by atoms with E-state index in [-0.39, 0.29) is 0 Å². The molecule has 1 aliphatic heterocycles. The van der Waals surface area contributed by atoms with Gasteiger partial charge in [0.15, 0.2) is 0 Å². The first-order valence-electron chi connectivity index (χ1n) is 5.45. The first-order chi connectivity index (χ1) is 7.94. The summed E-state index contributed by atoms with van der Waals surface area (Å²) in [7, 11) is 1.68. The fraction of sp³-hybridized carbons (Fsp3) is 0.455. The maximum absolute atomic E-state index is 12.2. The van der Waals surface area contributed by atoms with E-state index in [0.29, 0.717) is 13.1 Å². The number of para-hydroxylation sites is 2. The maximum atomic E-state index is 12.2. The molecule has 2 rings (SSSR count). The first-order valence-corrected chi connectivity index (χ1v) is 6.84. The van der Waals surface area contributed by atoms with Gasteiger partial charge in [-0.2, -0.15) is 12.7 Å². The third-order valence-electron chi connectivity index (χ3n) is 2.94. The van der Waals surface area contributed by atoms with Crippen LogP contribution in [-0.4, -0.2) is 47.0 Å². The van der Waals surface area contributed by atoms with E-state index in [1.165, 1.54) is 8.61 Å². The molecule has 0 fully saturated rings. The van der Waals surface area contributed by atoms with E-state index >= 15 is 0 Å². The third kappa shape index (κ3) is 1.98. The summed E-state index contributed by atoms with van der Waals surface area (Å²) < 4.78 is 27.1. The first kappa shape index (κ1) is 12.2. The molecule has 1 aromatic rings. The largest absolute Gasteiger partial charge is 0.371 e. The summed E-state index contributed by atoms with van der Waals surface area (Å²) in [5.74, 6) is 0. The molecule has 0 bridgehead atoms. The van der Waals surface area contributed by atoms with Crippen LogP contribution in [0.1, 0.15) is 0 Å². The van der Waals surface area contributed by atoms with Gasteiger partial charge in [-0.3, -0.25) is 4.31 Å². The van der Waals surface area contributed by atoms with Crippen LogP contribution < -0.4 is 9.21 Å². The summed E-state index contributed by atoms with van der Waals surface area (Å²) in [6, 6.07) is 7.55. The number of benzene rings is 1. The van der Waals surface area contributed by atoms with Crippen molar-refractivity contribution in [3.63, 3.8) is 0 Å². The van der Waals surface area contributed by atoms with Crippen LogP contribution in [-0.2, 0) is 10.2 Å². The molecular formula is C11H17N3O2S. The summed E-state index contributed by atoms with van der Waals surface area (Å²) >= 11 is 0. The Morgan fingerprint density at radius 3 is 2.29 bits per heavy atom. The Balaban J connectivity index is 2.51. The van der Waals surface area contributed by atoms with E-state index < -0.39 is 10.2 Å². The van der Waals surface area contributed by atoms with Gasteiger partial charge in [0.1, 0.15) is 0 Å². The van der Waals surface area contributed by atoms with Crippen molar-refractivity contribution >= 4 is 21.6 Å². The predicted molar refractivity (Wildman–Crippen MR) is 69.7 cm³/mol. The summed E-state index contributed by atoms with van der Waals surface area (Å²) in [6.07, 6.45) is 0. The molecule has 0 N–H and O–H groups in total. The van der Waals surface area contributed by atoms with E-state index in [4.69, 9.17) is 0 Å². The van der Waals surface area contributed by atoms with E-state index in [0.717, 1.165) is 11.4 Å². The van der Waals surface area contributed by atoms with Crippen molar-refractivity contribution in [2.24, 2.45) is 0 Å². The number of fused-ring (bicyclic) bond motifs is 1. The molecule has 0 saturated heterocycles. The molecule has 5 nitrogen and oxygen atoms in total. The van der Waals surface area contributed by atoms with Gasteiger partial charge in [0.25, 0.3) is 0 Å². The van der Waals surface area contributed by atoms with E-state index in [1.807, 2.05) is 31.3 Å². The molecular weight excluding hydrogens is 238 g/mol. The normalized spacial score (nSPS) is 16.2. The lowest BCUT2D eigenvalue weighted by atomic mass is 10.2. The Morgan fingerprint density at radius 1 is 1.12 bits per heavy atom. The molecule has 0 radical (unpaired) electrons. The Labute approximate surface area is 102 Å². The Hall–Kier alpha value is -1.27. The lowest BCUT2D eigenvalue weighted by molar-refractivity contribution is 0.514. The van der Waals surface area contributed by atoms with Crippen LogP contribution >= 0.6 is 0 Å². The van der Waals surface area contributed by atoms with E-state index in [1.54, 1.807) is 14.1 Å². The zero-order valence-corrected chi connectivity index (χ0v) is 11.1. The van der Waals surface area contributed by atoms with Crippen LogP contribution in [0.4, 0.5) is 11.4 Å². The minimum Gasteiger partial charge on any atom is -0.371 e. The number of hydrogen-bond acceptors (Lipinski definition) is 3. The van der Waals surface area contributed by atoms with Crippen LogP contribution in [0.5, 0.6) is 0 Å².